The van der Waals surface area contributed by atoms with Crippen molar-refractivity contribution in [2.45, 2.75) is 39.9 Å². The van der Waals surface area contributed by atoms with Gasteiger partial charge in [-0.3, -0.25) is 0 Å². The monoisotopic (exact) mass is 518 g/mol. The third-order valence-electron chi connectivity index (χ3n) is 7.02. The van der Waals surface area contributed by atoms with E-state index in [1.54, 1.807) is 24.3 Å². The summed E-state index contributed by atoms with van der Waals surface area (Å²) in [7, 11) is 0. The van der Waals surface area contributed by atoms with Gasteiger partial charge in [0.25, 0.3) is 0 Å². The van der Waals surface area contributed by atoms with Crippen molar-refractivity contribution in [3.05, 3.63) is 69.8 Å². The number of carbonyl (C=O) groups is 2. The van der Waals surface area contributed by atoms with Crippen LogP contribution in [0, 0.1) is 27.7 Å². The number of benzene rings is 3. The van der Waals surface area contributed by atoms with Crippen LogP contribution in [0.3, 0.4) is 0 Å². The molecule has 0 saturated carbocycles. The van der Waals surface area contributed by atoms with Crippen LogP contribution < -0.4 is 9.47 Å². The first-order valence-electron chi connectivity index (χ1n) is 12.5. The molecule has 0 aliphatic carbocycles. The van der Waals surface area contributed by atoms with Crippen molar-refractivity contribution >= 4 is 11.9 Å². The van der Waals surface area contributed by atoms with E-state index in [4.69, 9.17) is 18.9 Å². The predicted molar refractivity (Wildman–Crippen MR) is 141 cm³/mol. The molecule has 198 valence electrons. The van der Waals surface area contributed by atoms with Crippen LogP contribution in [-0.2, 0) is 9.47 Å². The van der Waals surface area contributed by atoms with Gasteiger partial charge in [0.1, 0.15) is 36.9 Å². The van der Waals surface area contributed by atoms with Gasteiger partial charge in [0.15, 0.2) is 0 Å². The van der Waals surface area contributed by atoms with Crippen LogP contribution in [0.4, 0.5) is 0 Å². The molecule has 5 rings (SSSR count). The Labute approximate surface area is 220 Å². The SMILES string of the molecule is Cc1cc(-c2c(C(=O)O)ccc(OCC3CO3)c2C)cc(C)c1-c1c(C(=O)O)ccc(OCC2CO2)c1C. The van der Waals surface area contributed by atoms with E-state index in [2.05, 4.69) is 0 Å². The summed E-state index contributed by atoms with van der Waals surface area (Å²) in [6.07, 6.45) is 0.145. The first-order chi connectivity index (χ1) is 18.2. The van der Waals surface area contributed by atoms with Gasteiger partial charge < -0.3 is 29.2 Å². The van der Waals surface area contributed by atoms with Gasteiger partial charge in [0.2, 0.25) is 0 Å². The summed E-state index contributed by atoms with van der Waals surface area (Å²) in [5, 5.41) is 19.9. The maximum atomic E-state index is 12.2. The number of rotatable bonds is 10. The van der Waals surface area contributed by atoms with Gasteiger partial charge in [0.05, 0.1) is 24.3 Å². The van der Waals surface area contributed by atoms with Gasteiger partial charge in [0, 0.05) is 11.1 Å². The molecule has 0 radical (unpaired) electrons. The zero-order valence-electron chi connectivity index (χ0n) is 21.8. The van der Waals surface area contributed by atoms with E-state index >= 15 is 0 Å². The van der Waals surface area contributed by atoms with Crippen molar-refractivity contribution in [3.63, 3.8) is 0 Å². The number of hydrogen-bond acceptors (Lipinski definition) is 6. The minimum absolute atomic E-state index is 0.0722. The quantitative estimate of drug-likeness (QED) is 0.352. The lowest BCUT2D eigenvalue weighted by molar-refractivity contribution is 0.0686. The highest BCUT2D eigenvalue weighted by Gasteiger charge is 2.27. The fourth-order valence-corrected chi connectivity index (χ4v) is 4.94. The lowest BCUT2D eigenvalue weighted by Gasteiger charge is -2.21. The molecule has 2 N–H and O–H groups in total. The van der Waals surface area contributed by atoms with E-state index in [1.165, 1.54) is 0 Å². The molecular formula is C30H30O8. The highest BCUT2D eigenvalue weighted by Crippen LogP contribution is 2.41. The van der Waals surface area contributed by atoms with Crippen LogP contribution in [0.25, 0.3) is 22.3 Å². The first kappa shape index (κ1) is 25.8. The molecule has 2 aliphatic heterocycles. The summed E-state index contributed by atoms with van der Waals surface area (Å²) in [5.74, 6) is -0.852. The molecule has 0 aromatic heterocycles. The molecule has 38 heavy (non-hydrogen) atoms. The van der Waals surface area contributed by atoms with Crippen LogP contribution >= 0.6 is 0 Å². The van der Waals surface area contributed by atoms with E-state index < -0.39 is 11.9 Å². The summed E-state index contributed by atoms with van der Waals surface area (Å²) in [6.45, 7) is 9.66. The second-order valence-electron chi connectivity index (χ2n) is 9.85. The Morgan fingerprint density at radius 1 is 0.737 bits per heavy atom. The Morgan fingerprint density at radius 2 is 1.16 bits per heavy atom. The molecule has 0 bridgehead atoms. The lowest BCUT2D eigenvalue weighted by atomic mass is 9.85. The van der Waals surface area contributed by atoms with Gasteiger partial charge >= 0.3 is 11.9 Å². The van der Waals surface area contributed by atoms with Crippen LogP contribution in [0.2, 0.25) is 0 Å². The molecule has 3 aromatic rings. The van der Waals surface area contributed by atoms with Crippen LogP contribution in [0.15, 0.2) is 36.4 Å². The molecule has 2 saturated heterocycles. The van der Waals surface area contributed by atoms with Gasteiger partial charge in [-0.1, -0.05) is 12.1 Å². The molecule has 0 spiro atoms. The normalized spacial score (nSPS) is 17.7. The van der Waals surface area contributed by atoms with Crippen molar-refractivity contribution in [2.24, 2.45) is 0 Å². The molecule has 8 nitrogen and oxygen atoms in total. The topological polar surface area (TPSA) is 118 Å². The highest BCUT2D eigenvalue weighted by molar-refractivity contribution is 6.00. The van der Waals surface area contributed by atoms with Crippen LogP contribution in [0.1, 0.15) is 43.0 Å². The molecule has 2 fully saturated rings. The summed E-state index contributed by atoms with van der Waals surface area (Å²) in [5.41, 5.74) is 6.10. The second kappa shape index (κ2) is 10.1. The van der Waals surface area contributed by atoms with E-state index in [0.717, 1.165) is 33.4 Å². The average Bonchev–Trinajstić information content (AvgIpc) is 3.78. The average molecular weight is 519 g/mol. The summed E-state index contributed by atoms with van der Waals surface area (Å²) in [4.78, 5) is 24.4. The fourth-order valence-electron chi connectivity index (χ4n) is 4.94. The second-order valence-corrected chi connectivity index (χ2v) is 9.85. The van der Waals surface area contributed by atoms with Crippen LogP contribution in [-0.4, -0.2) is 60.8 Å². The Kier molecular flexibility index (Phi) is 6.86. The minimum atomic E-state index is -1.03. The van der Waals surface area contributed by atoms with Crippen molar-refractivity contribution < 1.29 is 38.7 Å². The van der Waals surface area contributed by atoms with E-state index in [9.17, 15) is 19.8 Å². The molecule has 0 amide bonds. The smallest absolute Gasteiger partial charge is 0.336 e. The molecule has 8 heteroatoms. The number of ether oxygens (including phenoxy) is 4. The lowest BCUT2D eigenvalue weighted by Crippen LogP contribution is -2.09. The molecule has 2 atom stereocenters. The van der Waals surface area contributed by atoms with Crippen LogP contribution in [0.5, 0.6) is 11.5 Å². The summed E-state index contributed by atoms with van der Waals surface area (Å²) < 4.78 is 22.3. The Bertz CT molecular complexity index is 1410. The number of carboxylic acid groups (broad SMARTS) is 2. The minimum Gasteiger partial charge on any atom is -0.490 e. The van der Waals surface area contributed by atoms with E-state index in [0.29, 0.717) is 49.1 Å². The Balaban J connectivity index is 1.61. The zero-order valence-corrected chi connectivity index (χ0v) is 21.8. The summed E-state index contributed by atoms with van der Waals surface area (Å²) >= 11 is 0. The third kappa shape index (κ3) is 5.10. The Hall–Kier alpha value is -3.88. The number of aromatic carboxylic acids is 2. The van der Waals surface area contributed by atoms with Crippen molar-refractivity contribution in [1.29, 1.82) is 0 Å². The van der Waals surface area contributed by atoms with Gasteiger partial charge in [-0.2, -0.15) is 0 Å². The number of carboxylic acids is 2. The highest BCUT2D eigenvalue weighted by atomic mass is 16.6. The van der Waals surface area contributed by atoms with Gasteiger partial charge in [-0.25, -0.2) is 9.59 Å². The van der Waals surface area contributed by atoms with Gasteiger partial charge in [-0.05, 0) is 85.3 Å². The molecular weight excluding hydrogens is 488 g/mol. The fraction of sp³-hybridized carbons (Fsp3) is 0.333. The maximum absolute atomic E-state index is 12.2. The predicted octanol–water partition coefficient (Wildman–Crippen LogP) is 5.21. The van der Waals surface area contributed by atoms with Crippen molar-refractivity contribution in [2.75, 3.05) is 26.4 Å². The third-order valence-corrected chi connectivity index (χ3v) is 7.02. The number of epoxide rings is 2. The van der Waals surface area contributed by atoms with Crippen molar-refractivity contribution in [1.82, 2.24) is 0 Å². The van der Waals surface area contributed by atoms with E-state index in [1.807, 2.05) is 39.8 Å². The summed E-state index contributed by atoms with van der Waals surface area (Å²) in [6, 6.07) is 10.3. The largest absolute Gasteiger partial charge is 0.490 e. The van der Waals surface area contributed by atoms with Gasteiger partial charge in [-0.15, -0.1) is 0 Å². The molecule has 2 aliphatic rings. The number of hydrogen-bond donors (Lipinski definition) is 2. The van der Waals surface area contributed by atoms with Crippen molar-refractivity contribution in [3.8, 4) is 33.8 Å². The zero-order chi connectivity index (χ0) is 27.1. The number of aryl methyl sites for hydroxylation is 2. The van der Waals surface area contributed by atoms with E-state index in [-0.39, 0.29) is 23.3 Å². The Morgan fingerprint density at radius 3 is 1.58 bits per heavy atom. The molecule has 3 aromatic carbocycles. The first-order valence-corrected chi connectivity index (χ1v) is 12.5. The molecule has 2 unspecified atom stereocenters. The molecule has 2 heterocycles. The standard InChI is InChI=1S/C30H30O8/c1-15-9-19(27-17(3)24(37-13-20-11-35-20)7-5-22(27)29(31)32)10-16(2)26(15)28-18(4)25(38-14-21-12-36-21)8-6-23(28)30(33)34/h5-10,20-21H,11-14H2,1-4H3,(H,31,32)(H,33,34). The maximum Gasteiger partial charge on any atom is 0.336 e.